The second-order valence-corrected chi connectivity index (χ2v) is 2.75. The van der Waals surface area contributed by atoms with Crippen molar-refractivity contribution in [2.75, 3.05) is 12.3 Å². The molecule has 0 aromatic carbocycles. The van der Waals surface area contributed by atoms with Crippen LogP contribution in [-0.4, -0.2) is 16.3 Å². The normalized spacial score (nSPS) is 13.4. The van der Waals surface area contributed by atoms with Gasteiger partial charge in [0.1, 0.15) is 5.82 Å². The van der Waals surface area contributed by atoms with Gasteiger partial charge in [0, 0.05) is 25.6 Å². The van der Waals surface area contributed by atoms with Crippen LogP contribution in [0.4, 0.5) is 5.82 Å². The molecule has 1 heterocycles. The fourth-order valence-corrected chi connectivity index (χ4v) is 0.866. The van der Waals surface area contributed by atoms with E-state index in [-0.39, 0.29) is 0 Å². The summed E-state index contributed by atoms with van der Waals surface area (Å²) in [5, 5.41) is 4.19. The molecule has 0 saturated carbocycles. The van der Waals surface area contributed by atoms with Crippen LogP contribution in [0.25, 0.3) is 0 Å². The van der Waals surface area contributed by atoms with Gasteiger partial charge in [-0.3, -0.25) is 4.68 Å². The molecule has 1 aromatic heterocycles. The molecule has 0 aliphatic carbocycles. The van der Waals surface area contributed by atoms with Crippen LogP contribution in [0.2, 0.25) is 0 Å². The van der Waals surface area contributed by atoms with Crippen LogP contribution in [0.3, 0.4) is 0 Å². The van der Waals surface area contributed by atoms with Crippen molar-refractivity contribution in [3.8, 4) is 0 Å². The van der Waals surface area contributed by atoms with Crippen molar-refractivity contribution in [2.45, 2.75) is 12.8 Å². The summed E-state index contributed by atoms with van der Waals surface area (Å²) in [7, 11) is 1.82. The van der Waals surface area contributed by atoms with Crippen molar-refractivity contribution in [3.05, 3.63) is 11.8 Å². The number of anilines is 1. The van der Waals surface area contributed by atoms with E-state index in [1.807, 2.05) is 20.0 Å². The average molecular weight is 154 g/mol. The summed E-state index contributed by atoms with van der Waals surface area (Å²) in [6.45, 7) is 2.64. The number of aromatic nitrogens is 2. The molecule has 0 bridgehead atoms. The number of rotatable bonds is 2. The molecule has 0 spiro atoms. The molecule has 0 amide bonds. The van der Waals surface area contributed by atoms with Crippen LogP contribution in [0, 0.1) is 0 Å². The summed E-state index contributed by atoms with van der Waals surface area (Å²) in [6, 6.07) is 1.86. The average Bonchev–Trinajstić information content (AvgIpc) is 2.31. The summed E-state index contributed by atoms with van der Waals surface area (Å²) < 4.78 is 1.65. The van der Waals surface area contributed by atoms with Crippen LogP contribution >= 0.6 is 0 Å². The minimum Gasteiger partial charge on any atom is -0.384 e. The lowest BCUT2D eigenvalue weighted by Crippen LogP contribution is -2.09. The highest BCUT2D eigenvalue weighted by Crippen LogP contribution is 2.13. The van der Waals surface area contributed by atoms with Gasteiger partial charge in [0.15, 0.2) is 0 Å². The molecule has 4 heteroatoms. The second-order valence-electron chi connectivity index (χ2n) is 2.75. The van der Waals surface area contributed by atoms with E-state index in [2.05, 4.69) is 5.10 Å². The van der Waals surface area contributed by atoms with Crippen molar-refractivity contribution in [1.29, 1.82) is 0 Å². The van der Waals surface area contributed by atoms with Gasteiger partial charge in [-0.05, 0) is 0 Å². The lowest BCUT2D eigenvalue weighted by molar-refractivity contribution is 0.690. The van der Waals surface area contributed by atoms with E-state index in [1.54, 1.807) is 4.68 Å². The molecule has 1 rings (SSSR count). The minimum absolute atomic E-state index is 0.290. The highest BCUT2D eigenvalue weighted by atomic mass is 15.3. The third kappa shape index (κ3) is 1.51. The molecule has 1 atom stereocenters. The standard InChI is InChI=1S/C7H14N4/c1-5(4-8)6-3-7(9)11(2)10-6/h3,5H,4,8-9H2,1-2H3. The third-order valence-electron chi connectivity index (χ3n) is 1.79. The lowest BCUT2D eigenvalue weighted by atomic mass is 10.1. The van der Waals surface area contributed by atoms with Gasteiger partial charge in [-0.2, -0.15) is 5.10 Å². The Bertz CT molecular complexity index is 221. The molecule has 0 fully saturated rings. The van der Waals surface area contributed by atoms with Crippen LogP contribution < -0.4 is 11.5 Å². The molecule has 4 N–H and O–H groups in total. The van der Waals surface area contributed by atoms with E-state index >= 15 is 0 Å². The van der Waals surface area contributed by atoms with Gasteiger partial charge in [0.2, 0.25) is 0 Å². The zero-order valence-electron chi connectivity index (χ0n) is 6.91. The van der Waals surface area contributed by atoms with Gasteiger partial charge in [0.05, 0.1) is 5.69 Å². The SMILES string of the molecule is CC(CN)c1cc(N)n(C)n1. The number of aryl methyl sites for hydroxylation is 1. The summed E-state index contributed by atoms with van der Waals surface area (Å²) in [6.07, 6.45) is 0. The Morgan fingerprint density at radius 1 is 1.73 bits per heavy atom. The Morgan fingerprint density at radius 3 is 2.73 bits per heavy atom. The van der Waals surface area contributed by atoms with Crippen LogP contribution in [0.1, 0.15) is 18.5 Å². The van der Waals surface area contributed by atoms with Gasteiger partial charge in [-0.25, -0.2) is 0 Å². The molecular weight excluding hydrogens is 140 g/mol. The third-order valence-corrected chi connectivity index (χ3v) is 1.79. The highest BCUT2D eigenvalue weighted by Gasteiger charge is 2.07. The van der Waals surface area contributed by atoms with E-state index in [1.165, 1.54) is 0 Å². The van der Waals surface area contributed by atoms with E-state index in [0.717, 1.165) is 5.69 Å². The number of nitrogens with zero attached hydrogens (tertiary/aromatic N) is 2. The molecule has 0 radical (unpaired) electrons. The van der Waals surface area contributed by atoms with E-state index in [4.69, 9.17) is 11.5 Å². The number of nitrogen functional groups attached to an aromatic ring is 1. The first-order valence-corrected chi connectivity index (χ1v) is 3.64. The molecule has 11 heavy (non-hydrogen) atoms. The topological polar surface area (TPSA) is 69.9 Å². The van der Waals surface area contributed by atoms with E-state index in [0.29, 0.717) is 18.3 Å². The molecule has 0 aliphatic rings. The first-order valence-electron chi connectivity index (χ1n) is 3.64. The minimum atomic E-state index is 0.290. The molecule has 4 nitrogen and oxygen atoms in total. The summed E-state index contributed by atoms with van der Waals surface area (Å²) in [5.74, 6) is 0.971. The molecule has 0 aliphatic heterocycles. The largest absolute Gasteiger partial charge is 0.384 e. The maximum Gasteiger partial charge on any atom is 0.121 e. The fraction of sp³-hybridized carbons (Fsp3) is 0.571. The number of nitrogens with two attached hydrogens (primary N) is 2. The highest BCUT2D eigenvalue weighted by molar-refractivity contribution is 5.31. The Hall–Kier alpha value is -1.03. The molecule has 1 unspecified atom stereocenters. The zero-order chi connectivity index (χ0) is 8.43. The second kappa shape index (κ2) is 2.92. The van der Waals surface area contributed by atoms with E-state index < -0.39 is 0 Å². The van der Waals surface area contributed by atoms with Crippen LogP contribution in [-0.2, 0) is 7.05 Å². The van der Waals surface area contributed by atoms with Gasteiger partial charge in [0.25, 0.3) is 0 Å². The van der Waals surface area contributed by atoms with Crippen molar-refractivity contribution in [2.24, 2.45) is 12.8 Å². The van der Waals surface area contributed by atoms with Gasteiger partial charge < -0.3 is 11.5 Å². The van der Waals surface area contributed by atoms with Gasteiger partial charge in [-0.15, -0.1) is 0 Å². The molecular formula is C7H14N4. The smallest absolute Gasteiger partial charge is 0.121 e. The van der Waals surface area contributed by atoms with Gasteiger partial charge in [-0.1, -0.05) is 6.92 Å². The lowest BCUT2D eigenvalue weighted by Gasteiger charge is -2.01. The van der Waals surface area contributed by atoms with Crippen molar-refractivity contribution < 1.29 is 0 Å². The maximum absolute atomic E-state index is 5.59. The first-order chi connectivity index (χ1) is 5.15. The first kappa shape index (κ1) is 8.07. The van der Waals surface area contributed by atoms with Crippen molar-refractivity contribution in [1.82, 2.24) is 9.78 Å². The monoisotopic (exact) mass is 154 g/mol. The molecule has 62 valence electrons. The Labute approximate surface area is 66.2 Å². The zero-order valence-corrected chi connectivity index (χ0v) is 6.91. The maximum atomic E-state index is 5.59. The predicted molar refractivity (Wildman–Crippen MR) is 45.1 cm³/mol. The quantitative estimate of drug-likeness (QED) is 0.633. The Kier molecular flexibility index (Phi) is 2.14. The number of hydrogen-bond donors (Lipinski definition) is 2. The van der Waals surface area contributed by atoms with Crippen molar-refractivity contribution in [3.63, 3.8) is 0 Å². The summed E-state index contributed by atoms with van der Waals surface area (Å²) >= 11 is 0. The van der Waals surface area contributed by atoms with Crippen LogP contribution in [0.5, 0.6) is 0 Å². The summed E-state index contributed by atoms with van der Waals surface area (Å²) in [5.41, 5.74) is 12.0. The van der Waals surface area contributed by atoms with Crippen LogP contribution in [0.15, 0.2) is 6.07 Å². The van der Waals surface area contributed by atoms with Gasteiger partial charge >= 0.3 is 0 Å². The molecule has 0 saturated heterocycles. The van der Waals surface area contributed by atoms with E-state index in [9.17, 15) is 0 Å². The number of hydrogen-bond acceptors (Lipinski definition) is 3. The van der Waals surface area contributed by atoms with Crippen molar-refractivity contribution >= 4 is 5.82 Å². The summed E-state index contributed by atoms with van der Waals surface area (Å²) in [4.78, 5) is 0. The Morgan fingerprint density at radius 2 is 2.36 bits per heavy atom. The molecule has 1 aromatic rings. The predicted octanol–water partition coefficient (Wildman–Crippen LogP) is 0.0645. The Balaban J connectivity index is 2.88. The fourth-order valence-electron chi connectivity index (χ4n) is 0.866.